The van der Waals surface area contributed by atoms with Crippen LogP contribution in [0.1, 0.15) is 431 Å². The van der Waals surface area contributed by atoms with Crippen LogP contribution in [0.5, 0.6) is 0 Å². The Balaban J connectivity index is 1.57. The molecule has 0 aromatic rings. The van der Waals surface area contributed by atoms with Crippen molar-refractivity contribution in [2.24, 2.45) is 0 Å². The van der Waals surface area contributed by atoms with Crippen molar-refractivity contribution < 1.29 is 64.6 Å². The van der Waals surface area contributed by atoms with E-state index in [1.54, 1.807) is 0 Å². The first-order valence-electron chi connectivity index (χ1n) is 42.8. The van der Waals surface area contributed by atoms with E-state index in [0.29, 0.717) is 12.8 Å². The highest BCUT2D eigenvalue weighted by Crippen LogP contribution is 2.31. The van der Waals surface area contributed by atoms with Gasteiger partial charge in [-0.05, 0) is 12.8 Å². The fraction of sp³-hybridized carbons (Fsp3) is 0.988. The molecule has 578 valence electrons. The average molecular weight is 1380 g/mol. The first-order valence-corrected chi connectivity index (χ1v) is 42.8. The van der Waals surface area contributed by atoms with Gasteiger partial charge in [0.1, 0.15) is 48.8 Å². The van der Waals surface area contributed by atoms with Gasteiger partial charge in [-0.3, -0.25) is 4.79 Å². The van der Waals surface area contributed by atoms with E-state index in [1.807, 2.05) is 0 Å². The Labute approximate surface area is 597 Å². The zero-order valence-electron chi connectivity index (χ0n) is 63.6. The number of hydrogen-bond acceptors (Lipinski definition) is 13. The van der Waals surface area contributed by atoms with Gasteiger partial charge in [0.25, 0.3) is 0 Å². The maximum atomic E-state index is 13.4. The molecule has 0 aromatic heterocycles. The van der Waals surface area contributed by atoms with E-state index in [1.165, 1.54) is 353 Å². The van der Waals surface area contributed by atoms with Gasteiger partial charge in [0.05, 0.1) is 32.0 Å². The minimum atomic E-state index is -1.78. The van der Waals surface area contributed by atoms with E-state index in [4.69, 9.17) is 18.9 Å². The highest BCUT2D eigenvalue weighted by molar-refractivity contribution is 5.76. The molecule has 14 nitrogen and oxygen atoms in total. The Morgan fingerprint density at radius 2 is 0.588 bits per heavy atom. The number of carbonyl (C=O) groups is 1. The van der Waals surface area contributed by atoms with Crippen LogP contribution in [-0.4, -0.2) is 140 Å². The van der Waals surface area contributed by atoms with E-state index >= 15 is 0 Å². The highest BCUT2D eigenvalue weighted by Gasteiger charge is 2.51. The molecule has 2 heterocycles. The summed E-state index contributed by atoms with van der Waals surface area (Å²) in [6.45, 7) is 2.96. The molecule has 0 radical (unpaired) electrons. The second kappa shape index (κ2) is 68.1. The summed E-state index contributed by atoms with van der Waals surface area (Å²) in [5.74, 6) is -0.194. The molecule has 0 bridgehead atoms. The lowest BCUT2D eigenvalue weighted by atomic mass is 9.97. The number of carbonyl (C=O) groups excluding carboxylic acids is 1. The fourth-order valence-electron chi connectivity index (χ4n) is 14.8. The smallest absolute Gasteiger partial charge is 0.220 e. The Hall–Kier alpha value is -1.01. The summed E-state index contributed by atoms with van der Waals surface area (Å²) >= 11 is 0. The van der Waals surface area contributed by atoms with Crippen LogP contribution in [0, 0.1) is 0 Å². The molecular formula is C83H163NO13. The van der Waals surface area contributed by atoms with Crippen LogP contribution in [0.25, 0.3) is 0 Å². The van der Waals surface area contributed by atoms with Crippen LogP contribution in [-0.2, 0) is 23.7 Å². The molecule has 12 atom stereocenters. The van der Waals surface area contributed by atoms with E-state index in [9.17, 15) is 45.6 Å². The second-order valence-electron chi connectivity index (χ2n) is 30.7. The van der Waals surface area contributed by atoms with E-state index < -0.39 is 86.8 Å². The van der Waals surface area contributed by atoms with Crippen molar-refractivity contribution in [3.05, 3.63) is 0 Å². The summed E-state index contributed by atoms with van der Waals surface area (Å²) in [4.78, 5) is 13.4. The first kappa shape index (κ1) is 92.1. The van der Waals surface area contributed by atoms with Gasteiger partial charge in [0.15, 0.2) is 12.6 Å². The molecule has 0 spiro atoms. The Bertz CT molecular complexity index is 1630. The number of rotatable bonds is 74. The number of aliphatic hydroxyl groups excluding tert-OH is 8. The lowest BCUT2D eigenvalue weighted by Gasteiger charge is -2.46. The minimum Gasteiger partial charge on any atom is -0.394 e. The lowest BCUT2D eigenvalue weighted by molar-refractivity contribution is -0.359. The third-order valence-electron chi connectivity index (χ3n) is 21.6. The first-order chi connectivity index (χ1) is 47.6. The lowest BCUT2D eigenvalue weighted by Crippen LogP contribution is -2.65. The summed E-state index contributed by atoms with van der Waals surface area (Å²) < 4.78 is 23.0. The average Bonchev–Trinajstić information content (AvgIpc) is 0.794. The predicted molar refractivity (Wildman–Crippen MR) is 402 cm³/mol. The number of ether oxygens (including phenoxy) is 4. The molecule has 97 heavy (non-hydrogen) atoms. The summed E-state index contributed by atoms with van der Waals surface area (Å²) in [6.07, 6.45) is 68.8. The maximum Gasteiger partial charge on any atom is 0.220 e. The minimum absolute atomic E-state index is 0.194. The van der Waals surface area contributed by atoms with Crippen molar-refractivity contribution in [2.75, 3.05) is 19.8 Å². The summed E-state index contributed by atoms with van der Waals surface area (Å²) in [5, 5.41) is 88.0. The van der Waals surface area contributed by atoms with E-state index in [-0.39, 0.29) is 12.5 Å². The molecule has 0 saturated carbocycles. The quantitative estimate of drug-likeness (QED) is 0.0259. The van der Waals surface area contributed by atoms with Gasteiger partial charge in [-0.1, -0.05) is 412 Å². The SMILES string of the molecule is CCCCCCCCCCCCCCCCCCCCCCCCCCCCCCCCCCCC(=O)NC(COC1OC(CO)C(OC2OC(CO)C(O)C(O)C2O)C(O)C1O)C(O)CCCCCCCCCCCCCCCCCCCCCCCCCCCCCCCC. The molecule has 2 aliphatic heterocycles. The highest BCUT2D eigenvalue weighted by atomic mass is 16.7. The van der Waals surface area contributed by atoms with Gasteiger partial charge in [0.2, 0.25) is 5.91 Å². The normalized spacial score (nSPS) is 22.0. The van der Waals surface area contributed by atoms with Crippen LogP contribution in [0.2, 0.25) is 0 Å². The number of aliphatic hydroxyl groups is 8. The van der Waals surface area contributed by atoms with E-state index in [2.05, 4.69) is 19.2 Å². The Morgan fingerprint density at radius 1 is 0.330 bits per heavy atom. The van der Waals surface area contributed by atoms with Crippen LogP contribution in [0.3, 0.4) is 0 Å². The van der Waals surface area contributed by atoms with Crippen molar-refractivity contribution in [3.8, 4) is 0 Å². The molecule has 14 heteroatoms. The largest absolute Gasteiger partial charge is 0.394 e. The van der Waals surface area contributed by atoms with Crippen molar-refractivity contribution in [3.63, 3.8) is 0 Å². The molecule has 2 fully saturated rings. The summed E-state index contributed by atoms with van der Waals surface area (Å²) in [6, 6.07) is -0.826. The topological polar surface area (TPSA) is 228 Å². The molecule has 2 saturated heterocycles. The number of nitrogens with one attached hydrogen (secondary N) is 1. The van der Waals surface area contributed by atoms with Gasteiger partial charge in [-0.2, -0.15) is 0 Å². The molecule has 1 amide bonds. The van der Waals surface area contributed by atoms with Crippen LogP contribution in [0.15, 0.2) is 0 Å². The predicted octanol–water partition coefficient (Wildman–Crippen LogP) is 19.9. The number of unbranched alkanes of at least 4 members (excludes halogenated alkanes) is 61. The molecule has 0 aromatic carbocycles. The molecular weight excluding hydrogens is 1220 g/mol. The molecule has 2 aliphatic rings. The van der Waals surface area contributed by atoms with Crippen molar-refractivity contribution in [2.45, 2.75) is 505 Å². The molecule has 9 N–H and O–H groups in total. The molecule has 2 rings (SSSR count). The van der Waals surface area contributed by atoms with Gasteiger partial charge in [-0.15, -0.1) is 0 Å². The number of hydrogen-bond donors (Lipinski definition) is 9. The number of amides is 1. The van der Waals surface area contributed by atoms with Crippen molar-refractivity contribution in [1.29, 1.82) is 0 Å². The zero-order valence-corrected chi connectivity index (χ0v) is 63.6. The van der Waals surface area contributed by atoms with Gasteiger partial charge >= 0.3 is 0 Å². The monoisotopic (exact) mass is 1380 g/mol. The fourth-order valence-corrected chi connectivity index (χ4v) is 14.8. The molecule has 12 unspecified atom stereocenters. The third kappa shape index (κ3) is 50.9. The van der Waals surface area contributed by atoms with E-state index in [0.717, 1.165) is 51.4 Å². The molecule has 0 aliphatic carbocycles. The van der Waals surface area contributed by atoms with Gasteiger partial charge in [-0.25, -0.2) is 0 Å². The van der Waals surface area contributed by atoms with Gasteiger partial charge in [0, 0.05) is 6.42 Å². The third-order valence-corrected chi connectivity index (χ3v) is 21.6. The standard InChI is InChI=1S/C83H163NO13/c1-3-5-7-9-11-13-15-17-19-21-23-25-27-29-31-33-35-36-37-39-41-43-45-47-49-51-53-55-57-59-61-63-65-67-75(88)84-71(70-94-82-80(93)78(91)81(74(69-86)96-82)97-83-79(92)77(90)76(89)73(68-85)95-83)72(87)66-64-62-60-58-56-54-52-50-48-46-44-42-40-38-34-32-30-28-26-24-22-20-18-16-14-12-10-8-6-4-2/h71-74,76-83,85-87,89-93H,3-70H2,1-2H3,(H,84,88). The maximum absolute atomic E-state index is 13.4. The van der Waals surface area contributed by atoms with Crippen LogP contribution >= 0.6 is 0 Å². The summed E-state index contributed by atoms with van der Waals surface area (Å²) in [7, 11) is 0. The van der Waals surface area contributed by atoms with Crippen LogP contribution < -0.4 is 5.32 Å². The summed E-state index contributed by atoms with van der Waals surface area (Å²) in [5.41, 5.74) is 0. The van der Waals surface area contributed by atoms with Crippen molar-refractivity contribution >= 4 is 5.91 Å². The second-order valence-corrected chi connectivity index (χ2v) is 30.7. The zero-order chi connectivity index (χ0) is 70.1. The van der Waals surface area contributed by atoms with Crippen LogP contribution in [0.4, 0.5) is 0 Å². The van der Waals surface area contributed by atoms with Crippen molar-refractivity contribution in [1.82, 2.24) is 5.32 Å². The van der Waals surface area contributed by atoms with Gasteiger partial charge < -0.3 is 65.1 Å². The Kier molecular flexibility index (Phi) is 64.7. The Morgan fingerprint density at radius 3 is 0.876 bits per heavy atom.